The number of hydrogen-bond donors (Lipinski definition) is 0. The van der Waals surface area contributed by atoms with Gasteiger partial charge in [-0.2, -0.15) is 5.10 Å². The quantitative estimate of drug-likeness (QED) is 0.653. The molecule has 0 aromatic carbocycles. The second-order valence-electron chi connectivity index (χ2n) is 2.78. The predicted octanol–water partition coefficient (Wildman–Crippen LogP) is 2.14. The van der Waals surface area contributed by atoms with Crippen LogP contribution in [-0.2, 0) is 13.5 Å². The average molecular weight is 219 g/mol. The summed E-state index contributed by atoms with van der Waals surface area (Å²) in [5, 5.41) is 4.08. The minimum absolute atomic E-state index is 0.611. The van der Waals surface area contributed by atoms with Crippen LogP contribution < -0.4 is 0 Å². The Balaban J connectivity index is 2.60. The SMILES string of the molecule is Cn1nc(Br)c2c1CCC2F. The fourth-order valence-electron chi connectivity index (χ4n) is 1.55. The number of nitrogens with zero attached hydrogens (tertiary/aromatic N) is 2. The fraction of sp³-hybridized carbons (Fsp3) is 0.571. The predicted molar refractivity (Wildman–Crippen MR) is 43.1 cm³/mol. The molecule has 1 atom stereocenters. The summed E-state index contributed by atoms with van der Waals surface area (Å²) in [6.07, 6.45) is 0.610. The molecule has 0 fully saturated rings. The molecule has 1 aromatic rings. The van der Waals surface area contributed by atoms with Crippen LogP contribution >= 0.6 is 15.9 Å². The lowest BCUT2D eigenvalue weighted by Gasteiger charge is -1.94. The summed E-state index contributed by atoms with van der Waals surface area (Å²) in [7, 11) is 1.85. The number of rotatable bonds is 0. The molecule has 1 aromatic heterocycles. The van der Waals surface area contributed by atoms with Crippen molar-refractivity contribution in [1.82, 2.24) is 9.78 Å². The van der Waals surface area contributed by atoms with Crippen LogP contribution in [0.15, 0.2) is 4.60 Å². The molecule has 1 heterocycles. The van der Waals surface area contributed by atoms with E-state index in [0.717, 1.165) is 17.7 Å². The highest BCUT2D eigenvalue weighted by atomic mass is 79.9. The molecule has 0 saturated carbocycles. The first-order valence-electron chi connectivity index (χ1n) is 3.55. The molecule has 11 heavy (non-hydrogen) atoms. The van der Waals surface area contributed by atoms with Crippen molar-refractivity contribution in [3.8, 4) is 0 Å². The van der Waals surface area contributed by atoms with Gasteiger partial charge in [-0.15, -0.1) is 0 Å². The Kier molecular flexibility index (Phi) is 1.52. The zero-order valence-corrected chi connectivity index (χ0v) is 7.73. The standard InChI is InChI=1S/C7H8BrFN2/c1-11-5-3-2-4(9)6(5)7(8)10-11/h4H,2-3H2,1H3. The van der Waals surface area contributed by atoms with E-state index in [1.54, 1.807) is 4.68 Å². The molecule has 2 nitrogen and oxygen atoms in total. The molecule has 0 N–H and O–H groups in total. The van der Waals surface area contributed by atoms with Gasteiger partial charge in [-0.3, -0.25) is 4.68 Å². The Labute approximate surface area is 72.5 Å². The van der Waals surface area contributed by atoms with Crippen molar-refractivity contribution in [3.63, 3.8) is 0 Å². The van der Waals surface area contributed by atoms with Gasteiger partial charge >= 0.3 is 0 Å². The molecule has 1 unspecified atom stereocenters. The lowest BCUT2D eigenvalue weighted by atomic mass is 10.3. The van der Waals surface area contributed by atoms with Crippen LogP contribution in [0.5, 0.6) is 0 Å². The number of alkyl halides is 1. The van der Waals surface area contributed by atoms with Gasteiger partial charge < -0.3 is 0 Å². The monoisotopic (exact) mass is 218 g/mol. The summed E-state index contributed by atoms with van der Waals surface area (Å²) >= 11 is 3.24. The van der Waals surface area contributed by atoms with Crippen LogP contribution in [0.2, 0.25) is 0 Å². The molecule has 0 spiro atoms. The van der Waals surface area contributed by atoms with Crippen LogP contribution in [0.25, 0.3) is 0 Å². The second-order valence-corrected chi connectivity index (χ2v) is 3.53. The van der Waals surface area contributed by atoms with Gasteiger partial charge in [-0.05, 0) is 28.8 Å². The Bertz CT molecular complexity index is 295. The molecule has 2 rings (SSSR count). The molecule has 0 aliphatic heterocycles. The van der Waals surface area contributed by atoms with Crippen molar-refractivity contribution in [2.75, 3.05) is 0 Å². The van der Waals surface area contributed by atoms with Crippen LogP contribution in [0, 0.1) is 0 Å². The largest absolute Gasteiger partial charge is 0.271 e. The van der Waals surface area contributed by atoms with Gasteiger partial charge in [0, 0.05) is 18.3 Å². The maximum Gasteiger partial charge on any atom is 0.134 e. The van der Waals surface area contributed by atoms with E-state index in [-0.39, 0.29) is 0 Å². The Morgan fingerprint density at radius 1 is 1.73 bits per heavy atom. The number of halogens is 2. The third-order valence-electron chi connectivity index (χ3n) is 2.11. The second kappa shape index (κ2) is 2.30. The highest BCUT2D eigenvalue weighted by Gasteiger charge is 2.28. The maximum atomic E-state index is 13.1. The van der Waals surface area contributed by atoms with E-state index in [2.05, 4.69) is 21.0 Å². The van der Waals surface area contributed by atoms with Crippen molar-refractivity contribution >= 4 is 15.9 Å². The van der Waals surface area contributed by atoms with Gasteiger partial charge in [0.1, 0.15) is 10.8 Å². The van der Waals surface area contributed by atoms with Crippen LogP contribution in [0.1, 0.15) is 23.8 Å². The summed E-state index contributed by atoms with van der Waals surface area (Å²) in [4.78, 5) is 0. The summed E-state index contributed by atoms with van der Waals surface area (Å²) in [5.41, 5.74) is 1.79. The van der Waals surface area contributed by atoms with Crippen molar-refractivity contribution in [2.45, 2.75) is 19.0 Å². The van der Waals surface area contributed by atoms with E-state index in [1.807, 2.05) is 7.05 Å². The lowest BCUT2D eigenvalue weighted by molar-refractivity contribution is 0.341. The van der Waals surface area contributed by atoms with Gasteiger partial charge in [-0.1, -0.05) is 0 Å². The molecule has 0 amide bonds. The molecular weight excluding hydrogens is 211 g/mol. The highest BCUT2D eigenvalue weighted by molar-refractivity contribution is 9.10. The molecule has 0 saturated heterocycles. The van der Waals surface area contributed by atoms with E-state index in [0.29, 0.717) is 11.0 Å². The third-order valence-corrected chi connectivity index (χ3v) is 2.70. The zero-order valence-electron chi connectivity index (χ0n) is 6.14. The summed E-state index contributed by atoms with van der Waals surface area (Å²) in [6.45, 7) is 0. The first kappa shape index (κ1) is 7.28. The van der Waals surface area contributed by atoms with E-state index in [4.69, 9.17) is 0 Å². The van der Waals surface area contributed by atoms with E-state index < -0.39 is 6.17 Å². The first-order chi connectivity index (χ1) is 5.20. The van der Waals surface area contributed by atoms with Crippen molar-refractivity contribution in [3.05, 3.63) is 15.9 Å². The summed E-state index contributed by atoms with van der Waals surface area (Å²) < 4.78 is 15.5. The summed E-state index contributed by atoms with van der Waals surface area (Å²) in [5.74, 6) is 0. The van der Waals surface area contributed by atoms with Gasteiger partial charge in [0.15, 0.2) is 0 Å². The number of hydrogen-bond acceptors (Lipinski definition) is 1. The molecule has 1 aliphatic rings. The molecule has 0 bridgehead atoms. The van der Waals surface area contributed by atoms with Crippen molar-refractivity contribution in [1.29, 1.82) is 0 Å². The lowest BCUT2D eigenvalue weighted by Crippen LogP contribution is -1.95. The molecule has 1 aliphatic carbocycles. The normalized spacial score (nSPS) is 22.3. The Morgan fingerprint density at radius 3 is 3.09 bits per heavy atom. The average Bonchev–Trinajstić information content (AvgIpc) is 2.41. The van der Waals surface area contributed by atoms with E-state index >= 15 is 0 Å². The van der Waals surface area contributed by atoms with Gasteiger partial charge in [0.25, 0.3) is 0 Å². The van der Waals surface area contributed by atoms with Crippen LogP contribution in [0.4, 0.5) is 4.39 Å². The van der Waals surface area contributed by atoms with Gasteiger partial charge in [-0.25, -0.2) is 4.39 Å². The smallest absolute Gasteiger partial charge is 0.134 e. The number of fused-ring (bicyclic) bond motifs is 1. The maximum absolute atomic E-state index is 13.1. The van der Waals surface area contributed by atoms with E-state index in [1.165, 1.54) is 0 Å². The molecule has 0 radical (unpaired) electrons. The van der Waals surface area contributed by atoms with Crippen molar-refractivity contribution < 1.29 is 4.39 Å². The number of aryl methyl sites for hydroxylation is 1. The Hall–Kier alpha value is -0.380. The van der Waals surface area contributed by atoms with Gasteiger partial charge in [0.05, 0.1) is 0 Å². The summed E-state index contributed by atoms with van der Waals surface area (Å²) in [6, 6.07) is 0. The van der Waals surface area contributed by atoms with Crippen LogP contribution in [0.3, 0.4) is 0 Å². The minimum atomic E-state index is -0.812. The molecular formula is C7H8BrFN2. The molecule has 60 valence electrons. The van der Waals surface area contributed by atoms with Crippen molar-refractivity contribution in [2.24, 2.45) is 7.05 Å². The number of aromatic nitrogens is 2. The fourth-order valence-corrected chi connectivity index (χ4v) is 2.27. The molecule has 4 heteroatoms. The Morgan fingerprint density at radius 2 is 2.45 bits per heavy atom. The third kappa shape index (κ3) is 0.922. The van der Waals surface area contributed by atoms with Gasteiger partial charge in [0.2, 0.25) is 0 Å². The van der Waals surface area contributed by atoms with Crippen LogP contribution in [-0.4, -0.2) is 9.78 Å². The van der Waals surface area contributed by atoms with E-state index in [9.17, 15) is 4.39 Å². The first-order valence-corrected chi connectivity index (χ1v) is 4.35. The topological polar surface area (TPSA) is 17.8 Å². The zero-order chi connectivity index (χ0) is 8.01. The highest BCUT2D eigenvalue weighted by Crippen LogP contribution is 2.38. The minimum Gasteiger partial charge on any atom is -0.271 e.